The largest absolute Gasteiger partial charge is 0.534 e. The molecule has 0 atom stereocenters. The zero-order valence-electron chi connectivity index (χ0n) is 16.4. The van der Waals surface area contributed by atoms with Crippen LogP contribution in [0.3, 0.4) is 0 Å². The number of carboxylic acid groups (broad SMARTS) is 1. The highest BCUT2D eigenvalue weighted by Crippen LogP contribution is 2.41. The van der Waals surface area contributed by atoms with E-state index in [-0.39, 0.29) is 16.9 Å². The van der Waals surface area contributed by atoms with Crippen LogP contribution < -0.4 is 0 Å². The minimum absolute atomic E-state index is 0.111. The predicted molar refractivity (Wildman–Crippen MR) is 108 cm³/mol. The van der Waals surface area contributed by atoms with Crippen molar-refractivity contribution in [3.63, 3.8) is 0 Å². The molecule has 0 amide bonds. The summed E-state index contributed by atoms with van der Waals surface area (Å²) in [4.78, 5) is 10.9. The summed E-state index contributed by atoms with van der Waals surface area (Å²) in [5, 5.41) is 8.93. The monoisotopic (exact) mass is 450 g/mol. The summed E-state index contributed by atoms with van der Waals surface area (Å²) in [5.41, 5.74) is -4.05. The minimum Gasteiger partial charge on any atom is -0.478 e. The second kappa shape index (κ2) is 7.78. The van der Waals surface area contributed by atoms with Crippen LogP contribution >= 0.6 is 0 Å². The average molecular weight is 450 g/mol. The standard InChI is InChI=1S/C22H17F3O5S/c1-21(2)12-11-19(30-31(28,29)22(23,24)25)17-13-15(7-10-18(17)21)4-3-14-5-8-16(9-6-14)20(26)27/h5-11,13H,12H2,1-2H3,(H,26,27). The number of carboxylic acids is 1. The molecule has 0 spiro atoms. The van der Waals surface area contributed by atoms with E-state index >= 15 is 0 Å². The lowest BCUT2D eigenvalue weighted by atomic mass is 9.75. The maximum Gasteiger partial charge on any atom is 0.534 e. The fourth-order valence-corrected chi connectivity index (χ4v) is 3.56. The Balaban J connectivity index is 1.98. The van der Waals surface area contributed by atoms with Gasteiger partial charge >= 0.3 is 21.6 Å². The predicted octanol–water partition coefficient (Wildman–Crippen LogP) is 4.67. The number of benzene rings is 2. The van der Waals surface area contributed by atoms with Gasteiger partial charge in [0.2, 0.25) is 0 Å². The van der Waals surface area contributed by atoms with Gasteiger partial charge in [-0.3, -0.25) is 0 Å². The summed E-state index contributed by atoms with van der Waals surface area (Å²) < 4.78 is 65.8. The highest BCUT2D eigenvalue weighted by Gasteiger charge is 2.49. The summed E-state index contributed by atoms with van der Waals surface area (Å²) in [6.45, 7) is 3.76. The molecule has 0 saturated heterocycles. The lowest BCUT2D eigenvalue weighted by Gasteiger charge is -2.31. The second-order valence-corrected chi connectivity index (χ2v) is 9.07. The number of hydrogen-bond acceptors (Lipinski definition) is 4. The molecule has 162 valence electrons. The molecule has 0 aromatic heterocycles. The summed E-state index contributed by atoms with van der Waals surface area (Å²) in [6, 6.07) is 10.7. The summed E-state index contributed by atoms with van der Waals surface area (Å²) in [5.74, 6) is 4.24. The summed E-state index contributed by atoms with van der Waals surface area (Å²) in [6.07, 6.45) is 1.62. The van der Waals surface area contributed by atoms with E-state index < -0.39 is 27.0 Å². The molecule has 1 N–H and O–H groups in total. The van der Waals surface area contributed by atoms with Crippen molar-refractivity contribution in [2.45, 2.75) is 31.2 Å². The quantitative estimate of drug-likeness (QED) is 0.418. The molecule has 2 aromatic carbocycles. The Kier molecular flexibility index (Phi) is 5.63. The fourth-order valence-electron chi connectivity index (χ4n) is 3.07. The number of hydrogen-bond donors (Lipinski definition) is 1. The van der Waals surface area contributed by atoms with Crippen LogP contribution in [0.1, 0.15) is 52.9 Å². The van der Waals surface area contributed by atoms with Gasteiger partial charge in [0, 0.05) is 16.7 Å². The SMILES string of the molecule is CC1(C)CC=C(OS(=O)(=O)C(F)(F)F)c2cc(C#Cc3ccc(C(=O)O)cc3)ccc21. The van der Waals surface area contributed by atoms with E-state index in [1.54, 1.807) is 12.1 Å². The number of alkyl halides is 3. The van der Waals surface area contributed by atoms with Gasteiger partial charge in [-0.25, -0.2) is 4.79 Å². The van der Waals surface area contributed by atoms with Crippen LogP contribution in [0.2, 0.25) is 0 Å². The first-order chi connectivity index (χ1) is 14.3. The highest BCUT2D eigenvalue weighted by molar-refractivity contribution is 7.87. The van der Waals surface area contributed by atoms with Crippen LogP contribution in [-0.2, 0) is 19.7 Å². The lowest BCUT2D eigenvalue weighted by molar-refractivity contribution is -0.0509. The molecule has 0 saturated carbocycles. The molecule has 3 rings (SSSR count). The Morgan fingerprint density at radius 3 is 2.23 bits per heavy atom. The number of rotatable bonds is 3. The van der Waals surface area contributed by atoms with E-state index in [4.69, 9.17) is 5.11 Å². The van der Waals surface area contributed by atoms with Gasteiger partial charge < -0.3 is 9.29 Å². The van der Waals surface area contributed by atoms with Crippen LogP contribution in [0, 0.1) is 11.8 Å². The van der Waals surface area contributed by atoms with Gasteiger partial charge in [0.05, 0.1) is 5.56 Å². The molecule has 0 radical (unpaired) electrons. The molecule has 0 aliphatic heterocycles. The number of fused-ring (bicyclic) bond motifs is 1. The first-order valence-electron chi connectivity index (χ1n) is 9.01. The third-order valence-electron chi connectivity index (χ3n) is 4.78. The summed E-state index contributed by atoms with van der Waals surface area (Å²) >= 11 is 0. The first kappa shape index (κ1) is 22.4. The molecule has 1 aliphatic carbocycles. The second-order valence-electron chi connectivity index (χ2n) is 7.53. The Morgan fingerprint density at radius 1 is 1.06 bits per heavy atom. The number of carbonyl (C=O) groups is 1. The molecule has 31 heavy (non-hydrogen) atoms. The molecular formula is C22H17F3O5S. The third kappa shape index (κ3) is 4.75. The lowest BCUT2D eigenvalue weighted by Crippen LogP contribution is -2.27. The van der Waals surface area contributed by atoms with Crippen molar-refractivity contribution >= 4 is 21.8 Å². The van der Waals surface area contributed by atoms with Crippen molar-refractivity contribution in [2.75, 3.05) is 0 Å². The van der Waals surface area contributed by atoms with Crippen molar-refractivity contribution in [3.05, 3.63) is 76.4 Å². The van der Waals surface area contributed by atoms with Gasteiger partial charge in [0.1, 0.15) is 5.76 Å². The van der Waals surface area contributed by atoms with Crippen molar-refractivity contribution in [2.24, 2.45) is 0 Å². The van der Waals surface area contributed by atoms with Gasteiger partial charge in [-0.05, 0) is 59.9 Å². The highest BCUT2D eigenvalue weighted by atomic mass is 32.2. The first-order valence-corrected chi connectivity index (χ1v) is 10.4. The van der Waals surface area contributed by atoms with Gasteiger partial charge in [0.25, 0.3) is 0 Å². The van der Waals surface area contributed by atoms with E-state index in [0.29, 0.717) is 23.1 Å². The van der Waals surface area contributed by atoms with E-state index in [9.17, 15) is 26.4 Å². The van der Waals surface area contributed by atoms with Crippen LogP contribution in [0.5, 0.6) is 0 Å². The fraction of sp³-hybridized carbons (Fsp3) is 0.227. The van der Waals surface area contributed by atoms with E-state index in [1.807, 2.05) is 13.8 Å². The molecule has 0 heterocycles. The molecule has 0 fully saturated rings. The molecule has 0 unspecified atom stereocenters. The smallest absolute Gasteiger partial charge is 0.478 e. The number of aromatic carboxylic acids is 1. The number of halogens is 3. The van der Waals surface area contributed by atoms with E-state index in [0.717, 1.165) is 0 Å². The maximum absolute atomic E-state index is 12.8. The molecular weight excluding hydrogens is 433 g/mol. The van der Waals surface area contributed by atoms with Crippen LogP contribution in [0.15, 0.2) is 48.5 Å². The van der Waals surface area contributed by atoms with Gasteiger partial charge in [-0.2, -0.15) is 21.6 Å². The zero-order valence-corrected chi connectivity index (χ0v) is 17.3. The third-order valence-corrected chi connectivity index (χ3v) is 5.74. The topological polar surface area (TPSA) is 80.7 Å². The van der Waals surface area contributed by atoms with Gasteiger partial charge in [-0.1, -0.05) is 31.8 Å². The molecule has 5 nitrogen and oxygen atoms in total. The normalized spacial score (nSPS) is 15.2. The van der Waals surface area contributed by atoms with Crippen molar-refractivity contribution in [1.82, 2.24) is 0 Å². The molecule has 0 bridgehead atoms. The van der Waals surface area contributed by atoms with Crippen LogP contribution in [0.4, 0.5) is 13.2 Å². The Hall–Kier alpha value is -3.25. The van der Waals surface area contributed by atoms with Crippen LogP contribution in [0.25, 0.3) is 5.76 Å². The molecule has 1 aliphatic rings. The van der Waals surface area contributed by atoms with E-state index in [2.05, 4.69) is 16.0 Å². The van der Waals surface area contributed by atoms with Gasteiger partial charge in [0.15, 0.2) is 0 Å². The van der Waals surface area contributed by atoms with Crippen LogP contribution in [-0.4, -0.2) is 25.0 Å². The Morgan fingerprint density at radius 2 is 1.65 bits per heavy atom. The van der Waals surface area contributed by atoms with E-state index in [1.165, 1.54) is 36.4 Å². The number of allylic oxidation sites excluding steroid dienone is 1. The molecule has 2 aromatic rings. The Bertz CT molecular complexity index is 1230. The maximum atomic E-state index is 12.8. The van der Waals surface area contributed by atoms with Crippen molar-refractivity contribution < 1.29 is 35.7 Å². The van der Waals surface area contributed by atoms with Crippen molar-refractivity contribution in [3.8, 4) is 11.8 Å². The zero-order chi connectivity index (χ0) is 23.0. The Labute approximate surface area is 177 Å². The van der Waals surface area contributed by atoms with Crippen molar-refractivity contribution in [1.29, 1.82) is 0 Å². The van der Waals surface area contributed by atoms with Gasteiger partial charge in [-0.15, -0.1) is 0 Å². The summed E-state index contributed by atoms with van der Waals surface area (Å²) in [7, 11) is -5.81. The molecule has 9 heteroatoms. The average Bonchev–Trinajstić information content (AvgIpc) is 2.68. The minimum atomic E-state index is -5.81.